The number of hydroxylamine groups is 1. The molecule has 198 valence electrons. The summed E-state index contributed by atoms with van der Waals surface area (Å²) in [7, 11) is 1.63. The van der Waals surface area contributed by atoms with E-state index in [0.717, 1.165) is 65.3 Å². The molecule has 2 aromatic carbocycles. The van der Waals surface area contributed by atoms with Crippen molar-refractivity contribution in [3.8, 4) is 5.75 Å². The van der Waals surface area contributed by atoms with Gasteiger partial charge in [0.05, 0.1) is 23.1 Å². The van der Waals surface area contributed by atoms with E-state index >= 15 is 0 Å². The van der Waals surface area contributed by atoms with Gasteiger partial charge in [-0.2, -0.15) is 0 Å². The number of nitrogens with one attached hydrogen (secondary N) is 1. The Morgan fingerprint density at radius 1 is 1.24 bits per heavy atom. The number of ether oxygens (including phenoxy) is 1. The van der Waals surface area contributed by atoms with Gasteiger partial charge in [-0.25, -0.2) is 9.87 Å². The van der Waals surface area contributed by atoms with Crippen LogP contribution in [0.1, 0.15) is 37.7 Å². The molecule has 2 heterocycles. The lowest BCUT2D eigenvalue weighted by Crippen LogP contribution is -2.48. The molecule has 0 saturated carbocycles. The number of hydrogen-bond acceptors (Lipinski definition) is 6. The van der Waals surface area contributed by atoms with Crippen molar-refractivity contribution in [2.45, 2.75) is 43.4 Å². The van der Waals surface area contributed by atoms with Gasteiger partial charge in [0.15, 0.2) is 0 Å². The number of aryl methyl sites for hydroxylation is 1. The lowest BCUT2D eigenvalue weighted by atomic mass is 9.73. The molecule has 0 unspecified atom stereocenters. The Labute approximate surface area is 226 Å². The van der Waals surface area contributed by atoms with Crippen LogP contribution in [0.4, 0.5) is 4.39 Å². The molecule has 37 heavy (non-hydrogen) atoms. The first-order valence-electron chi connectivity index (χ1n) is 12.6. The Kier molecular flexibility index (Phi) is 9.65. The summed E-state index contributed by atoms with van der Waals surface area (Å²) in [4.78, 5) is 20.5. The van der Waals surface area contributed by atoms with Crippen molar-refractivity contribution < 1.29 is 19.1 Å². The van der Waals surface area contributed by atoms with Crippen LogP contribution in [0, 0.1) is 11.2 Å². The molecule has 0 aliphatic carbocycles. The zero-order valence-corrected chi connectivity index (χ0v) is 22.6. The van der Waals surface area contributed by atoms with Crippen LogP contribution in [0.15, 0.2) is 53.6 Å². The molecule has 6 nitrogen and oxygen atoms in total. The summed E-state index contributed by atoms with van der Waals surface area (Å²) in [5.74, 6) is 1.14. The molecular weight excluding hydrogens is 513 g/mol. The van der Waals surface area contributed by atoms with Crippen LogP contribution in [0.25, 0.3) is 10.9 Å². The van der Waals surface area contributed by atoms with Gasteiger partial charge in [0.25, 0.3) is 0 Å². The van der Waals surface area contributed by atoms with Gasteiger partial charge in [-0.1, -0.05) is 17.7 Å². The van der Waals surface area contributed by atoms with Crippen molar-refractivity contribution in [1.29, 1.82) is 0 Å². The zero-order valence-electron chi connectivity index (χ0n) is 21.0. The Bertz CT molecular complexity index is 1220. The smallest absolute Gasteiger partial charge is 0.249 e. The van der Waals surface area contributed by atoms with Crippen LogP contribution in [-0.4, -0.2) is 53.5 Å². The lowest BCUT2D eigenvalue weighted by molar-refractivity contribution is -0.143. The number of carbonyl (C=O) groups excluding carboxylic acids is 1. The Morgan fingerprint density at radius 2 is 2.05 bits per heavy atom. The van der Waals surface area contributed by atoms with Crippen LogP contribution in [-0.2, 0) is 11.2 Å². The van der Waals surface area contributed by atoms with Crippen molar-refractivity contribution in [3.63, 3.8) is 0 Å². The lowest BCUT2D eigenvalue weighted by Gasteiger charge is -2.40. The number of rotatable bonds is 11. The average molecular weight is 546 g/mol. The minimum atomic E-state index is -0.603. The maximum Gasteiger partial charge on any atom is 0.249 e. The molecule has 1 aliphatic heterocycles. The monoisotopic (exact) mass is 545 g/mol. The highest BCUT2D eigenvalue weighted by Crippen LogP contribution is 2.38. The fourth-order valence-corrected chi connectivity index (χ4v) is 6.26. The van der Waals surface area contributed by atoms with Gasteiger partial charge < -0.3 is 9.64 Å². The van der Waals surface area contributed by atoms with E-state index in [0.29, 0.717) is 30.7 Å². The van der Waals surface area contributed by atoms with Crippen LogP contribution in [0.2, 0.25) is 5.02 Å². The number of halogens is 2. The van der Waals surface area contributed by atoms with Gasteiger partial charge in [0, 0.05) is 16.5 Å². The third-order valence-corrected chi connectivity index (χ3v) is 8.70. The quantitative estimate of drug-likeness (QED) is 0.131. The summed E-state index contributed by atoms with van der Waals surface area (Å²) in [5, 5.41) is 11.1. The first kappa shape index (κ1) is 27.6. The van der Waals surface area contributed by atoms with E-state index in [2.05, 4.69) is 9.88 Å². The van der Waals surface area contributed by atoms with E-state index in [9.17, 15) is 14.4 Å². The van der Waals surface area contributed by atoms with Crippen molar-refractivity contribution in [1.82, 2.24) is 15.4 Å². The minimum Gasteiger partial charge on any atom is -0.497 e. The highest BCUT2D eigenvalue weighted by molar-refractivity contribution is 7.99. The zero-order chi connectivity index (χ0) is 26.3. The molecule has 0 atom stereocenters. The van der Waals surface area contributed by atoms with Crippen LogP contribution < -0.4 is 10.2 Å². The van der Waals surface area contributed by atoms with Crippen molar-refractivity contribution >= 4 is 40.2 Å². The molecule has 3 aromatic rings. The average Bonchev–Trinajstić information content (AvgIpc) is 2.92. The molecule has 2 N–H and O–H groups in total. The second-order valence-electron chi connectivity index (χ2n) is 9.54. The van der Waals surface area contributed by atoms with Gasteiger partial charge in [-0.05, 0) is 106 Å². The van der Waals surface area contributed by atoms with Gasteiger partial charge in [-0.15, -0.1) is 11.8 Å². The molecular formula is C28H33ClFN3O3S. The first-order valence-corrected chi connectivity index (χ1v) is 14.0. The van der Waals surface area contributed by atoms with E-state index in [4.69, 9.17) is 16.3 Å². The molecule has 1 fully saturated rings. The Balaban J connectivity index is 1.32. The number of piperidine rings is 1. The Hall–Kier alpha value is -2.39. The number of likely N-dealkylation sites (tertiary alicyclic amines) is 1. The van der Waals surface area contributed by atoms with Gasteiger partial charge in [-0.3, -0.25) is 15.0 Å². The number of hydrogen-bond donors (Lipinski definition) is 2. The van der Waals surface area contributed by atoms with Gasteiger partial charge >= 0.3 is 0 Å². The number of aromatic nitrogens is 1. The molecule has 0 bridgehead atoms. The van der Waals surface area contributed by atoms with Crippen LogP contribution >= 0.6 is 23.4 Å². The summed E-state index contributed by atoms with van der Waals surface area (Å²) < 4.78 is 18.7. The second-order valence-corrected chi connectivity index (χ2v) is 11.1. The number of benzene rings is 2. The summed E-state index contributed by atoms with van der Waals surface area (Å²) in [5.41, 5.74) is 3.18. The molecule has 9 heteroatoms. The van der Waals surface area contributed by atoms with Gasteiger partial charge in [0.2, 0.25) is 5.91 Å². The first-order chi connectivity index (χ1) is 17.9. The fraction of sp³-hybridized carbons (Fsp3) is 0.429. The predicted molar refractivity (Wildman–Crippen MR) is 146 cm³/mol. The number of carbonyl (C=O) groups is 1. The number of thioether (sulfide) groups is 1. The molecule has 1 saturated heterocycles. The number of methoxy groups -OCH3 is 1. The molecule has 0 radical (unpaired) electrons. The molecule has 0 spiro atoms. The third kappa shape index (κ3) is 6.93. The van der Waals surface area contributed by atoms with E-state index in [1.165, 1.54) is 6.07 Å². The molecule has 4 rings (SSSR count). The number of fused-ring (bicyclic) bond motifs is 1. The van der Waals surface area contributed by atoms with Gasteiger partial charge in [0.1, 0.15) is 11.6 Å². The summed E-state index contributed by atoms with van der Waals surface area (Å²) >= 11 is 8.18. The van der Waals surface area contributed by atoms with Crippen molar-refractivity contribution in [3.05, 3.63) is 65.1 Å². The summed E-state index contributed by atoms with van der Waals surface area (Å²) in [6.45, 7) is 2.53. The van der Waals surface area contributed by atoms with Crippen molar-refractivity contribution in [2.24, 2.45) is 5.41 Å². The largest absolute Gasteiger partial charge is 0.497 e. The number of amides is 1. The van der Waals surface area contributed by atoms with E-state index in [1.54, 1.807) is 37.2 Å². The highest BCUT2D eigenvalue weighted by atomic mass is 35.5. The standard InChI is InChI=1S/C28H33ClFN3O3S/c1-36-21-8-9-26-24(18-21)23(25(29)19-31-26)7-3-10-28(27(34)32-35)11-14-33(15-12-28)13-4-16-37-22-6-2-5-20(30)17-22/h2,5-6,8-9,17-19,35H,3-4,7,10-16H2,1H3,(H,32,34). The molecule has 1 aromatic heterocycles. The van der Waals surface area contributed by atoms with E-state index in [-0.39, 0.29) is 11.7 Å². The van der Waals surface area contributed by atoms with E-state index in [1.807, 2.05) is 29.7 Å². The SMILES string of the molecule is COc1ccc2ncc(Cl)c(CCCC3(C(=O)NO)CCN(CCCSc4cccc(F)c4)CC3)c2c1. The van der Waals surface area contributed by atoms with Crippen LogP contribution in [0.5, 0.6) is 5.75 Å². The third-order valence-electron chi connectivity index (χ3n) is 7.30. The maximum atomic E-state index is 13.4. The number of nitrogens with zero attached hydrogens (tertiary/aromatic N) is 2. The van der Waals surface area contributed by atoms with Crippen LogP contribution in [0.3, 0.4) is 0 Å². The fourth-order valence-electron chi connectivity index (χ4n) is 5.14. The minimum absolute atomic E-state index is 0.210. The maximum absolute atomic E-state index is 13.4. The number of pyridine rings is 1. The normalized spacial score (nSPS) is 15.6. The predicted octanol–water partition coefficient (Wildman–Crippen LogP) is 6.13. The molecule has 1 amide bonds. The summed E-state index contributed by atoms with van der Waals surface area (Å²) in [6, 6.07) is 12.4. The second kappa shape index (κ2) is 12.9. The molecule has 1 aliphatic rings. The Morgan fingerprint density at radius 3 is 2.78 bits per heavy atom. The van der Waals surface area contributed by atoms with Crippen molar-refractivity contribution in [2.75, 3.05) is 32.5 Å². The van der Waals surface area contributed by atoms with E-state index < -0.39 is 5.41 Å². The summed E-state index contributed by atoms with van der Waals surface area (Å²) in [6.07, 6.45) is 6.15. The topological polar surface area (TPSA) is 74.7 Å². The highest BCUT2D eigenvalue weighted by Gasteiger charge is 2.40.